The first-order valence-corrected chi connectivity index (χ1v) is 11.6. The molecular weight excluding hydrogens is 424 g/mol. The molecule has 0 radical (unpaired) electrons. The molecule has 0 atom stereocenters. The van der Waals surface area contributed by atoms with Gasteiger partial charge in [0, 0.05) is 35.9 Å². The number of phenols is 1. The van der Waals surface area contributed by atoms with E-state index in [4.69, 9.17) is 0 Å². The number of anilines is 2. The summed E-state index contributed by atoms with van der Waals surface area (Å²) < 4.78 is 0. The van der Waals surface area contributed by atoms with Gasteiger partial charge in [0.2, 0.25) is 0 Å². The Morgan fingerprint density at radius 2 is 1.71 bits per heavy atom. The fourth-order valence-electron chi connectivity index (χ4n) is 4.04. The second-order valence-corrected chi connectivity index (χ2v) is 8.10. The van der Waals surface area contributed by atoms with Gasteiger partial charge in [-0.2, -0.15) is 0 Å². The number of aromatic hydroxyl groups is 1. The molecule has 3 N–H and O–H groups in total. The van der Waals surface area contributed by atoms with Crippen molar-refractivity contribution in [1.82, 2.24) is 15.2 Å². The molecule has 1 aromatic heterocycles. The number of pyridine rings is 1. The first-order chi connectivity index (χ1) is 16.6. The summed E-state index contributed by atoms with van der Waals surface area (Å²) in [5.74, 6) is 0.896. The maximum absolute atomic E-state index is 12.5. The molecule has 0 saturated carbocycles. The highest BCUT2D eigenvalue weighted by molar-refractivity contribution is 6.02. The van der Waals surface area contributed by atoms with Crippen LogP contribution in [0.5, 0.6) is 5.75 Å². The molecule has 6 heteroatoms. The van der Waals surface area contributed by atoms with Gasteiger partial charge in [-0.3, -0.25) is 4.79 Å². The van der Waals surface area contributed by atoms with Crippen molar-refractivity contribution in [3.63, 3.8) is 0 Å². The standard InChI is InChI=1S/C28H30N4O2/c1-3-32(4-2)18-17-30-28(34)20-11-13-22(14-12-20)31-27-26-10-6-9-24(25(26)15-16-29-27)21-7-5-8-23(33)19-21/h5-16,19,33H,3-4,17-18H2,1-2H3,(H,29,31)(H,30,34). The number of nitrogens with zero attached hydrogens (tertiary/aromatic N) is 2. The largest absolute Gasteiger partial charge is 0.508 e. The van der Waals surface area contributed by atoms with E-state index >= 15 is 0 Å². The van der Waals surface area contributed by atoms with Crippen molar-refractivity contribution < 1.29 is 9.90 Å². The number of phenolic OH excluding ortho intramolecular Hbond substituents is 1. The number of rotatable bonds is 9. The molecule has 0 aliphatic rings. The van der Waals surface area contributed by atoms with Crippen molar-refractivity contribution in [2.45, 2.75) is 13.8 Å². The quantitative estimate of drug-likeness (QED) is 0.315. The summed E-state index contributed by atoms with van der Waals surface area (Å²) >= 11 is 0. The van der Waals surface area contributed by atoms with Crippen LogP contribution in [-0.4, -0.2) is 47.1 Å². The number of likely N-dealkylation sites (N-methyl/N-ethyl adjacent to an activating group) is 1. The van der Waals surface area contributed by atoms with Gasteiger partial charge < -0.3 is 20.6 Å². The second-order valence-electron chi connectivity index (χ2n) is 8.10. The number of hydrogen-bond donors (Lipinski definition) is 3. The van der Waals surface area contributed by atoms with Crippen molar-refractivity contribution in [3.05, 3.63) is 84.6 Å². The minimum Gasteiger partial charge on any atom is -0.508 e. The van der Waals surface area contributed by atoms with Gasteiger partial charge in [0.15, 0.2) is 0 Å². The maximum atomic E-state index is 12.5. The lowest BCUT2D eigenvalue weighted by Crippen LogP contribution is -2.34. The van der Waals surface area contributed by atoms with Crippen molar-refractivity contribution in [1.29, 1.82) is 0 Å². The van der Waals surface area contributed by atoms with E-state index < -0.39 is 0 Å². The number of aromatic nitrogens is 1. The summed E-state index contributed by atoms with van der Waals surface area (Å²) in [6.07, 6.45) is 1.77. The Balaban J connectivity index is 1.50. The minimum absolute atomic E-state index is 0.0715. The van der Waals surface area contributed by atoms with E-state index in [0.29, 0.717) is 12.1 Å². The summed E-state index contributed by atoms with van der Waals surface area (Å²) in [7, 11) is 0. The number of amides is 1. The molecule has 174 valence electrons. The van der Waals surface area contributed by atoms with Crippen LogP contribution in [0.1, 0.15) is 24.2 Å². The fraction of sp³-hybridized carbons (Fsp3) is 0.214. The Bertz CT molecular complexity index is 1270. The van der Waals surface area contributed by atoms with Crippen LogP contribution < -0.4 is 10.6 Å². The predicted octanol–water partition coefficient (Wildman–Crippen LogP) is 5.42. The summed E-state index contributed by atoms with van der Waals surface area (Å²) in [6, 6.07) is 22.7. The molecule has 0 bridgehead atoms. The van der Waals surface area contributed by atoms with E-state index in [1.54, 1.807) is 18.3 Å². The highest BCUT2D eigenvalue weighted by Gasteiger charge is 2.10. The molecular formula is C28H30N4O2. The van der Waals surface area contributed by atoms with Crippen LogP contribution in [0.2, 0.25) is 0 Å². The monoisotopic (exact) mass is 454 g/mol. The summed E-state index contributed by atoms with van der Waals surface area (Å²) in [6.45, 7) is 7.66. The zero-order valence-corrected chi connectivity index (χ0v) is 19.6. The number of nitrogens with one attached hydrogen (secondary N) is 2. The highest BCUT2D eigenvalue weighted by Crippen LogP contribution is 2.33. The first kappa shape index (κ1) is 23.3. The van der Waals surface area contributed by atoms with Crippen molar-refractivity contribution in [2.24, 2.45) is 0 Å². The van der Waals surface area contributed by atoms with Crippen molar-refractivity contribution in [2.75, 3.05) is 31.5 Å². The van der Waals surface area contributed by atoms with Gasteiger partial charge in [-0.1, -0.05) is 44.2 Å². The molecule has 0 fully saturated rings. The first-order valence-electron chi connectivity index (χ1n) is 11.6. The van der Waals surface area contributed by atoms with E-state index in [1.165, 1.54) is 0 Å². The Morgan fingerprint density at radius 3 is 2.44 bits per heavy atom. The molecule has 0 aliphatic carbocycles. The van der Waals surface area contributed by atoms with Gasteiger partial charge in [0.05, 0.1) is 0 Å². The SMILES string of the molecule is CCN(CC)CCNC(=O)c1ccc(Nc2nccc3c(-c4cccc(O)c4)cccc23)cc1. The van der Waals surface area contributed by atoms with Gasteiger partial charge in [-0.25, -0.2) is 4.98 Å². The smallest absolute Gasteiger partial charge is 0.251 e. The molecule has 3 aromatic carbocycles. The van der Waals surface area contributed by atoms with Crippen LogP contribution >= 0.6 is 0 Å². The normalized spacial score (nSPS) is 11.0. The molecule has 1 heterocycles. The fourth-order valence-corrected chi connectivity index (χ4v) is 4.04. The van der Waals surface area contributed by atoms with Gasteiger partial charge in [0.1, 0.15) is 11.6 Å². The summed E-state index contributed by atoms with van der Waals surface area (Å²) in [5.41, 5.74) is 3.44. The average Bonchev–Trinajstić information content (AvgIpc) is 2.87. The van der Waals surface area contributed by atoms with E-state index in [0.717, 1.165) is 53.0 Å². The Labute approximate surface area is 200 Å². The van der Waals surface area contributed by atoms with Gasteiger partial charge in [-0.05, 0) is 72.1 Å². The van der Waals surface area contributed by atoms with Crippen LogP contribution in [-0.2, 0) is 0 Å². The predicted molar refractivity (Wildman–Crippen MR) is 139 cm³/mol. The van der Waals surface area contributed by atoms with E-state index in [1.807, 2.05) is 60.7 Å². The lowest BCUT2D eigenvalue weighted by Gasteiger charge is -2.18. The zero-order chi connectivity index (χ0) is 23.9. The maximum Gasteiger partial charge on any atom is 0.251 e. The van der Waals surface area contributed by atoms with Crippen LogP contribution in [0.25, 0.3) is 21.9 Å². The molecule has 0 saturated heterocycles. The van der Waals surface area contributed by atoms with E-state index in [9.17, 15) is 9.90 Å². The number of carbonyl (C=O) groups is 1. The molecule has 4 rings (SSSR count). The Hall–Kier alpha value is -3.90. The molecule has 0 unspecified atom stereocenters. The lowest BCUT2D eigenvalue weighted by molar-refractivity contribution is 0.0949. The van der Waals surface area contributed by atoms with Crippen LogP contribution in [0.4, 0.5) is 11.5 Å². The van der Waals surface area contributed by atoms with Gasteiger partial charge >= 0.3 is 0 Å². The van der Waals surface area contributed by atoms with Crippen molar-refractivity contribution in [3.8, 4) is 16.9 Å². The Morgan fingerprint density at radius 1 is 0.941 bits per heavy atom. The van der Waals surface area contributed by atoms with E-state index in [2.05, 4.69) is 34.4 Å². The molecule has 4 aromatic rings. The topological polar surface area (TPSA) is 77.5 Å². The molecule has 0 spiro atoms. The second kappa shape index (κ2) is 10.8. The van der Waals surface area contributed by atoms with Crippen LogP contribution in [0.15, 0.2) is 79.0 Å². The number of carbonyl (C=O) groups excluding carboxylic acids is 1. The van der Waals surface area contributed by atoms with Gasteiger partial charge in [0.25, 0.3) is 5.91 Å². The third-order valence-corrected chi connectivity index (χ3v) is 5.98. The van der Waals surface area contributed by atoms with Crippen LogP contribution in [0.3, 0.4) is 0 Å². The zero-order valence-electron chi connectivity index (χ0n) is 19.6. The van der Waals surface area contributed by atoms with E-state index in [-0.39, 0.29) is 11.7 Å². The van der Waals surface area contributed by atoms with Crippen LogP contribution in [0, 0.1) is 0 Å². The molecule has 0 aliphatic heterocycles. The number of benzene rings is 3. The number of hydrogen-bond acceptors (Lipinski definition) is 5. The Kier molecular flexibility index (Phi) is 7.40. The lowest BCUT2D eigenvalue weighted by atomic mass is 9.99. The number of fused-ring (bicyclic) bond motifs is 1. The van der Waals surface area contributed by atoms with Gasteiger partial charge in [-0.15, -0.1) is 0 Å². The summed E-state index contributed by atoms with van der Waals surface area (Å²) in [4.78, 5) is 19.3. The molecule has 6 nitrogen and oxygen atoms in total. The third-order valence-electron chi connectivity index (χ3n) is 5.98. The third kappa shape index (κ3) is 5.35. The van der Waals surface area contributed by atoms with Crippen molar-refractivity contribution >= 4 is 28.2 Å². The minimum atomic E-state index is -0.0715. The summed E-state index contributed by atoms with van der Waals surface area (Å²) in [5, 5.41) is 18.3. The molecule has 34 heavy (non-hydrogen) atoms. The molecule has 1 amide bonds. The highest BCUT2D eigenvalue weighted by atomic mass is 16.3. The average molecular weight is 455 g/mol.